The number of methoxy groups -OCH3 is 1. The maximum atomic E-state index is 11.6. The summed E-state index contributed by atoms with van der Waals surface area (Å²) in [6.07, 6.45) is 1.65. The molecule has 0 atom stereocenters. The number of anilines is 4. The summed E-state index contributed by atoms with van der Waals surface area (Å²) >= 11 is 3.44. The van der Waals surface area contributed by atoms with E-state index >= 15 is 0 Å². The maximum Gasteiger partial charge on any atom is 0.337 e. The van der Waals surface area contributed by atoms with Crippen LogP contribution in [0.5, 0.6) is 0 Å². The van der Waals surface area contributed by atoms with Crippen molar-refractivity contribution < 1.29 is 9.53 Å². The van der Waals surface area contributed by atoms with Gasteiger partial charge in [-0.05, 0) is 42.5 Å². The lowest BCUT2D eigenvalue weighted by atomic mass is 10.2. The Hall–Kier alpha value is -2.93. The predicted octanol–water partition coefficient (Wildman–Crippen LogP) is 4.51. The lowest BCUT2D eigenvalue weighted by molar-refractivity contribution is 0.0601. The van der Waals surface area contributed by atoms with Crippen LogP contribution >= 0.6 is 15.9 Å². The van der Waals surface area contributed by atoms with Crippen molar-refractivity contribution in [3.05, 3.63) is 70.8 Å². The molecule has 0 unspecified atom stereocenters. The highest BCUT2D eigenvalue weighted by Crippen LogP contribution is 2.21. The van der Waals surface area contributed by atoms with Crippen LogP contribution in [-0.4, -0.2) is 23.0 Å². The van der Waals surface area contributed by atoms with Gasteiger partial charge in [0.05, 0.1) is 12.7 Å². The molecule has 0 bridgehead atoms. The van der Waals surface area contributed by atoms with Crippen molar-refractivity contribution in [1.29, 1.82) is 0 Å². The van der Waals surface area contributed by atoms with Crippen molar-refractivity contribution >= 4 is 45.0 Å². The molecule has 0 aliphatic carbocycles. The zero-order valence-electron chi connectivity index (χ0n) is 13.4. The molecule has 0 saturated carbocycles. The number of nitrogens with zero attached hydrogens (tertiary/aromatic N) is 2. The lowest BCUT2D eigenvalue weighted by Gasteiger charge is -2.09. The van der Waals surface area contributed by atoms with Gasteiger partial charge in [-0.1, -0.05) is 28.1 Å². The fourth-order valence-electron chi connectivity index (χ4n) is 2.17. The van der Waals surface area contributed by atoms with Crippen LogP contribution in [0.2, 0.25) is 0 Å². The molecule has 25 heavy (non-hydrogen) atoms. The zero-order chi connectivity index (χ0) is 17.6. The third-order valence-electron chi connectivity index (χ3n) is 3.29. The van der Waals surface area contributed by atoms with Gasteiger partial charge < -0.3 is 15.4 Å². The highest BCUT2D eigenvalue weighted by atomic mass is 79.9. The highest BCUT2D eigenvalue weighted by Gasteiger charge is 2.07. The van der Waals surface area contributed by atoms with Crippen LogP contribution < -0.4 is 10.6 Å². The number of rotatable bonds is 5. The van der Waals surface area contributed by atoms with E-state index in [1.807, 2.05) is 30.3 Å². The molecule has 2 N–H and O–H groups in total. The number of aromatic nitrogens is 2. The summed E-state index contributed by atoms with van der Waals surface area (Å²) in [5, 5.41) is 6.30. The lowest BCUT2D eigenvalue weighted by Crippen LogP contribution is -2.03. The van der Waals surface area contributed by atoms with Crippen molar-refractivity contribution in [3.63, 3.8) is 0 Å². The number of nitrogens with one attached hydrogen (secondary N) is 2. The summed E-state index contributed by atoms with van der Waals surface area (Å²) in [6, 6.07) is 16.5. The van der Waals surface area contributed by atoms with E-state index < -0.39 is 5.97 Å². The Morgan fingerprint density at radius 2 is 1.80 bits per heavy atom. The maximum absolute atomic E-state index is 11.6. The Morgan fingerprint density at radius 3 is 2.56 bits per heavy atom. The van der Waals surface area contributed by atoms with Gasteiger partial charge in [0.25, 0.3) is 0 Å². The monoisotopic (exact) mass is 398 g/mol. The molecule has 1 heterocycles. The number of carbonyl (C=O) groups is 1. The molecule has 0 saturated heterocycles. The molecule has 0 spiro atoms. The minimum Gasteiger partial charge on any atom is -0.465 e. The van der Waals surface area contributed by atoms with E-state index in [2.05, 4.69) is 36.5 Å². The fourth-order valence-corrected chi connectivity index (χ4v) is 2.57. The van der Waals surface area contributed by atoms with Crippen molar-refractivity contribution in [2.75, 3.05) is 17.7 Å². The van der Waals surface area contributed by atoms with Crippen LogP contribution in [0.15, 0.2) is 65.3 Å². The van der Waals surface area contributed by atoms with Crippen LogP contribution in [0.4, 0.5) is 23.1 Å². The number of benzene rings is 2. The van der Waals surface area contributed by atoms with Gasteiger partial charge in [0.1, 0.15) is 5.82 Å². The van der Waals surface area contributed by atoms with Crippen LogP contribution in [0, 0.1) is 0 Å². The number of hydrogen-bond acceptors (Lipinski definition) is 6. The molecule has 0 fully saturated rings. The van der Waals surface area contributed by atoms with Crippen LogP contribution in [0.25, 0.3) is 0 Å². The summed E-state index contributed by atoms with van der Waals surface area (Å²) < 4.78 is 5.70. The number of halogens is 1. The first kappa shape index (κ1) is 16.9. The van der Waals surface area contributed by atoms with Gasteiger partial charge >= 0.3 is 5.97 Å². The van der Waals surface area contributed by atoms with Crippen molar-refractivity contribution in [2.45, 2.75) is 0 Å². The average molecular weight is 399 g/mol. The van der Waals surface area contributed by atoms with Gasteiger partial charge in [-0.15, -0.1) is 0 Å². The van der Waals surface area contributed by atoms with Crippen LogP contribution in [0.3, 0.4) is 0 Å². The Kier molecular flexibility index (Phi) is 5.25. The van der Waals surface area contributed by atoms with E-state index in [-0.39, 0.29) is 0 Å². The molecule has 3 rings (SSSR count). The Bertz CT molecular complexity index is 902. The van der Waals surface area contributed by atoms with Gasteiger partial charge in [0.2, 0.25) is 5.95 Å². The first-order valence-corrected chi connectivity index (χ1v) is 8.24. The predicted molar refractivity (Wildman–Crippen MR) is 101 cm³/mol. The second-order valence-corrected chi connectivity index (χ2v) is 6.01. The van der Waals surface area contributed by atoms with Gasteiger partial charge in [0.15, 0.2) is 0 Å². The van der Waals surface area contributed by atoms with Crippen molar-refractivity contribution in [2.24, 2.45) is 0 Å². The molecule has 6 nitrogen and oxygen atoms in total. The molecule has 0 aliphatic rings. The quantitative estimate of drug-likeness (QED) is 0.615. The van der Waals surface area contributed by atoms with E-state index in [1.54, 1.807) is 30.5 Å². The highest BCUT2D eigenvalue weighted by molar-refractivity contribution is 9.10. The number of esters is 1. The summed E-state index contributed by atoms with van der Waals surface area (Å²) in [4.78, 5) is 20.2. The molecule has 0 amide bonds. The van der Waals surface area contributed by atoms with Crippen LogP contribution in [0.1, 0.15) is 10.4 Å². The fraction of sp³-hybridized carbons (Fsp3) is 0.0556. The minimum absolute atomic E-state index is 0.394. The summed E-state index contributed by atoms with van der Waals surface area (Å²) in [7, 11) is 1.35. The standard InChI is InChI=1S/C18H15BrN4O2/c1-25-17(24)12-4-2-6-14(10-12)22-18-20-9-8-16(23-18)21-15-7-3-5-13(19)11-15/h2-11H,1H3,(H2,20,21,22,23). The Labute approximate surface area is 153 Å². The zero-order valence-corrected chi connectivity index (χ0v) is 14.9. The molecular formula is C18H15BrN4O2. The number of ether oxygens (including phenoxy) is 1. The smallest absolute Gasteiger partial charge is 0.337 e. The Morgan fingerprint density at radius 1 is 1.04 bits per heavy atom. The summed E-state index contributed by atoms with van der Waals surface area (Å²) in [6.45, 7) is 0. The molecule has 7 heteroatoms. The molecular weight excluding hydrogens is 384 g/mol. The number of hydrogen-bond donors (Lipinski definition) is 2. The number of carbonyl (C=O) groups excluding carboxylic acids is 1. The molecule has 0 radical (unpaired) electrons. The third-order valence-corrected chi connectivity index (χ3v) is 3.79. The molecule has 1 aromatic heterocycles. The first-order valence-electron chi connectivity index (χ1n) is 7.45. The summed E-state index contributed by atoms with van der Waals surface area (Å²) in [5.74, 6) is 0.677. The van der Waals surface area contributed by atoms with Gasteiger partial charge in [-0.2, -0.15) is 4.98 Å². The third kappa shape index (κ3) is 4.54. The molecule has 2 aromatic carbocycles. The van der Waals surface area contributed by atoms with E-state index in [4.69, 9.17) is 4.74 Å². The van der Waals surface area contributed by atoms with E-state index in [0.717, 1.165) is 10.2 Å². The minimum atomic E-state index is -0.394. The van der Waals surface area contributed by atoms with Gasteiger partial charge in [0, 0.05) is 22.0 Å². The molecule has 3 aromatic rings. The van der Waals surface area contributed by atoms with Gasteiger partial charge in [-0.25, -0.2) is 9.78 Å². The normalized spacial score (nSPS) is 10.2. The second kappa shape index (κ2) is 7.76. The van der Waals surface area contributed by atoms with E-state index in [1.165, 1.54) is 7.11 Å². The second-order valence-electron chi connectivity index (χ2n) is 5.10. The van der Waals surface area contributed by atoms with E-state index in [9.17, 15) is 4.79 Å². The van der Waals surface area contributed by atoms with Gasteiger partial charge in [-0.3, -0.25) is 0 Å². The molecule has 126 valence electrons. The Balaban J connectivity index is 1.77. The van der Waals surface area contributed by atoms with Crippen molar-refractivity contribution in [3.8, 4) is 0 Å². The SMILES string of the molecule is COC(=O)c1cccc(Nc2nccc(Nc3cccc(Br)c3)n2)c1. The largest absolute Gasteiger partial charge is 0.465 e. The topological polar surface area (TPSA) is 76.1 Å². The van der Waals surface area contributed by atoms with E-state index in [0.29, 0.717) is 23.0 Å². The average Bonchev–Trinajstić information content (AvgIpc) is 2.61. The first-order chi connectivity index (χ1) is 12.1. The van der Waals surface area contributed by atoms with Crippen molar-refractivity contribution in [1.82, 2.24) is 9.97 Å². The van der Waals surface area contributed by atoms with Crippen LogP contribution in [-0.2, 0) is 4.74 Å². The summed E-state index contributed by atoms with van der Waals surface area (Å²) in [5.41, 5.74) is 2.06. The molecule has 0 aliphatic heterocycles.